The monoisotopic (exact) mass is 658 g/mol. The minimum atomic E-state index is 1.20. The minimum Gasteiger partial charge on any atom is -0.0622 e. The van der Waals surface area contributed by atoms with Crippen LogP contribution >= 0.6 is 0 Å². The van der Waals surface area contributed by atoms with Gasteiger partial charge in [-0.3, -0.25) is 0 Å². The largest absolute Gasteiger partial charge is 0.0622 e. The molecule has 0 aromatic heterocycles. The van der Waals surface area contributed by atoms with E-state index >= 15 is 0 Å². The quantitative estimate of drug-likeness (QED) is 0.128. The molecule has 52 heavy (non-hydrogen) atoms. The van der Waals surface area contributed by atoms with Crippen molar-refractivity contribution in [3.8, 4) is 55.6 Å². The molecule has 0 heteroatoms. The van der Waals surface area contributed by atoms with E-state index in [1.54, 1.807) is 0 Å². The van der Waals surface area contributed by atoms with Crippen LogP contribution in [0.2, 0.25) is 0 Å². The number of hydrogen-bond acceptors (Lipinski definition) is 0. The van der Waals surface area contributed by atoms with Gasteiger partial charge in [0.25, 0.3) is 0 Å². The Morgan fingerprint density at radius 3 is 1.27 bits per heavy atom. The highest BCUT2D eigenvalue weighted by Gasteiger charge is 2.20. The van der Waals surface area contributed by atoms with E-state index in [0.717, 1.165) is 0 Å². The Bertz CT molecular complexity index is 2860. The zero-order valence-corrected chi connectivity index (χ0v) is 28.6. The molecule has 0 spiro atoms. The number of fused-ring (bicyclic) bond motifs is 5. The molecule has 0 saturated carbocycles. The summed E-state index contributed by atoms with van der Waals surface area (Å²) in [6.07, 6.45) is 0. The molecule has 10 aromatic rings. The summed E-state index contributed by atoms with van der Waals surface area (Å²) in [7, 11) is 0. The SMILES string of the molecule is c1ccc(-c2ccc(-c3ccc(-c4cc5ccccc5c5ccccc45)cc3-c3c4ccccc4c(-c4ccccc4)c4ccccc34)cc2)cc1. The van der Waals surface area contributed by atoms with E-state index in [2.05, 4.69) is 206 Å². The molecule has 0 bridgehead atoms. The summed E-state index contributed by atoms with van der Waals surface area (Å²) in [6.45, 7) is 0. The Morgan fingerprint density at radius 2 is 0.635 bits per heavy atom. The normalized spacial score (nSPS) is 11.5. The van der Waals surface area contributed by atoms with Crippen LogP contribution in [0.25, 0.3) is 98.7 Å². The molecule has 0 nitrogen and oxygen atoms in total. The van der Waals surface area contributed by atoms with Crippen LogP contribution < -0.4 is 0 Å². The third-order valence-electron chi connectivity index (χ3n) is 10.7. The van der Waals surface area contributed by atoms with Gasteiger partial charge in [-0.05, 0) is 111 Å². The van der Waals surface area contributed by atoms with Crippen LogP contribution in [0.1, 0.15) is 0 Å². The topological polar surface area (TPSA) is 0 Å². The second-order valence-corrected chi connectivity index (χ2v) is 13.6. The summed E-state index contributed by atoms with van der Waals surface area (Å²) in [5, 5.41) is 10.1. The van der Waals surface area contributed by atoms with Crippen LogP contribution in [-0.2, 0) is 0 Å². The van der Waals surface area contributed by atoms with E-state index in [0.29, 0.717) is 0 Å². The molecule has 10 rings (SSSR count). The van der Waals surface area contributed by atoms with Crippen molar-refractivity contribution in [2.45, 2.75) is 0 Å². The van der Waals surface area contributed by atoms with Gasteiger partial charge in [-0.25, -0.2) is 0 Å². The third-order valence-corrected chi connectivity index (χ3v) is 10.7. The van der Waals surface area contributed by atoms with Crippen LogP contribution in [-0.4, -0.2) is 0 Å². The summed E-state index contributed by atoms with van der Waals surface area (Å²) in [4.78, 5) is 0. The lowest BCUT2D eigenvalue weighted by Gasteiger charge is -2.21. The molecule has 0 radical (unpaired) electrons. The summed E-state index contributed by atoms with van der Waals surface area (Å²) >= 11 is 0. The molecule has 0 aliphatic carbocycles. The fourth-order valence-electron chi connectivity index (χ4n) is 8.27. The van der Waals surface area contributed by atoms with Gasteiger partial charge in [0.2, 0.25) is 0 Å². The Hall–Kier alpha value is -6.76. The van der Waals surface area contributed by atoms with Crippen LogP contribution in [0, 0.1) is 0 Å². The zero-order chi connectivity index (χ0) is 34.4. The Kier molecular flexibility index (Phi) is 7.25. The fraction of sp³-hybridized carbons (Fsp3) is 0. The van der Waals surface area contributed by atoms with Crippen LogP contribution in [0.15, 0.2) is 206 Å². The predicted octanol–water partition coefficient (Wildman–Crippen LogP) is 14.6. The Balaban J connectivity index is 1.29. The standard InChI is InChI=1S/C52H34/c1-3-15-35(16-4-1)36-27-29-37(30-28-36)42-32-31-40(49-33-39-19-7-8-20-41(39)43-21-9-10-22-44(43)49)34-50(42)52-47-25-13-11-23-45(47)51(38-17-5-2-6-18-38)46-24-12-14-26-48(46)52/h1-34H. The first-order valence-electron chi connectivity index (χ1n) is 18.0. The van der Waals surface area contributed by atoms with E-state index in [-0.39, 0.29) is 0 Å². The van der Waals surface area contributed by atoms with E-state index in [1.165, 1.54) is 98.7 Å². The van der Waals surface area contributed by atoms with Gasteiger partial charge in [0.05, 0.1) is 0 Å². The molecule has 0 saturated heterocycles. The lowest BCUT2D eigenvalue weighted by atomic mass is 9.82. The van der Waals surface area contributed by atoms with Gasteiger partial charge in [0, 0.05) is 0 Å². The second-order valence-electron chi connectivity index (χ2n) is 13.6. The van der Waals surface area contributed by atoms with Crippen molar-refractivity contribution in [3.05, 3.63) is 206 Å². The van der Waals surface area contributed by atoms with Crippen LogP contribution in [0.4, 0.5) is 0 Å². The molecule has 242 valence electrons. The van der Waals surface area contributed by atoms with Crippen LogP contribution in [0.5, 0.6) is 0 Å². The van der Waals surface area contributed by atoms with Crippen molar-refractivity contribution in [3.63, 3.8) is 0 Å². The lowest BCUT2D eigenvalue weighted by molar-refractivity contribution is 1.58. The van der Waals surface area contributed by atoms with E-state index in [4.69, 9.17) is 0 Å². The van der Waals surface area contributed by atoms with Crippen LogP contribution in [0.3, 0.4) is 0 Å². The van der Waals surface area contributed by atoms with E-state index in [9.17, 15) is 0 Å². The van der Waals surface area contributed by atoms with Crippen molar-refractivity contribution in [1.29, 1.82) is 0 Å². The Morgan fingerprint density at radius 1 is 0.192 bits per heavy atom. The van der Waals surface area contributed by atoms with Crippen molar-refractivity contribution in [2.24, 2.45) is 0 Å². The van der Waals surface area contributed by atoms with Gasteiger partial charge < -0.3 is 0 Å². The first-order chi connectivity index (χ1) is 25.8. The third kappa shape index (κ3) is 5.00. The van der Waals surface area contributed by atoms with Crippen molar-refractivity contribution in [2.75, 3.05) is 0 Å². The highest BCUT2D eigenvalue weighted by Crippen LogP contribution is 2.48. The van der Waals surface area contributed by atoms with Crippen molar-refractivity contribution >= 4 is 43.1 Å². The smallest absolute Gasteiger partial charge is 0.00199 e. The molecule has 0 fully saturated rings. The van der Waals surface area contributed by atoms with Gasteiger partial charge >= 0.3 is 0 Å². The predicted molar refractivity (Wildman–Crippen MR) is 224 cm³/mol. The molecule has 0 N–H and O–H groups in total. The zero-order valence-electron chi connectivity index (χ0n) is 28.6. The number of hydrogen-bond donors (Lipinski definition) is 0. The first kappa shape index (κ1) is 30.1. The van der Waals surface area contributed by atoms with Crippen molar-refractivity contribution in [1.82, 2.24) is 0 Å². The maximum absolute atomic E-state index is 2.45. The molecule has 0 heterocycles. The summed E-state index contributed by atoms with van der Waals surface area (Å²) in [5.74, 6) is 0. The van der Waals surface area contributed by atoms with Gasteiger partial charge in [-0.1, -0.05) is 194 Å². The van der Waals surface area contributed by atoms with E-state index < -0.39 is 0 Å². The molecule has 0 aliphatic heterocycles. The molecule has 10 aromatic carbocycles. The lowest BCUT2D eigenvalue weighted by Crippen LogP contribution is -1.94. The highest BCUT2D eigenvalue weighted by molar-refractivity contribution is 6.23. The maximum Gasteiger partial charge on any atom is -0.00199 e. The van der Waals surface area contributed by atoms with Crippen molar-refractivity contribution < 1.29 is 0 Å². The molecule has 0 atom stereocenters. The number of rotatable bonds is 5. The average molecular weight is 659 g/mol. The molecule has 0 unspecified atom stereocenters. The van der Waals surface area contributed by atoms with Gasteiger partial charge in [0.1, 0.15) is 0 Å². The molecular formula is C52H34. The summed E-state index contributed by atoms with van der Waals surface area (Å²) in [6, 6.07) is 75.6. The van der Waals surface area contributed by atoms with Gasteiger partial charge in [-0.2, -0.15) is 0 Å². The van der Waals surface area contributed by atoms with Gasteiger partial charge in [0.15, 0.2) is 0 Å². The summed E-state index contributed by atoms with van der Waals surface area (Å²) in [5.41, 5.74) is 12.3. The minimum absolute atomic E-state index is 1.20. The number of benzene rings is 10. The average Bonchev–Trinajstić information content (AvgIpc) is 3.23. The Labute approximate surface area is 303 Å². The van der Waals surface area contributed by atoms with Gasteiger partial charge in [-0.15, -0.1) is 0 Å². The highest BCUT2D eigenvalue weighted by atomic mass is 14.2. The molecular weight excluding hydrogens is 625 g/mol. The second kappa shape index (κ2) is 12.5. The summed E-state index contributed by atoms with van der Waals surface area (Å²) < 4.78 is 0. The fourth-order valence-corrected chi connectivity index (χ4v) is 8.27. The first-order valence-corrected chi connectivity index (χ1v) is 18.0. The maximum atomic E-state index is 2.45. The van der Waals surface area contributed by atoms with E-state index in [1.807, 2.05) is 0 Å². The molecule has 0 amide bonds. The molecule has 0 aliphatic rings.